The lowest BCUT2D eigenvalue weighted by Gasteiger charge is -2.31. The second kappa shape index (κ2) is 8.78. The second-order valence-corrected chi connectivity index (χ2v) is 9.71. The summed E-state index contributed by atoms with van der Waals surface area (Å²) in [4.78, 5) is 33.0. The van der Waals surface area contributed by atoms with E-state index in [4.69, 9.17) is 16.6 Å². The van der Waals surface area contributed by atoms with Crippen molar-refractivity contribution in [1.82, 2.24) is 19.9 Å². The Hall–Kier alpha value is -2.52. The van der Waals surface area contributed by atoms with E-state index in [1.807, 2.05) is 0 Å². The number of nitrogens with zero attached hydrogens (tertiary/aromatic N) is 4. The van der Waals surface area contributed by atoms with Gasteiger partial charge in [-0.2, -0.15) is 4.52 Å². The molecule has 1 aromatic carbocycles. The number of halogens is 2. The SMILES string of the molecule is O=C(NCc1ccc(F)cc1Cl)[C@H]1CCCN(c2nn3c(=O)c4c(nc3s2)CCCC4)C1. The van der Waals surface area contributed by atoms with Crippen molar-refractivity contribution in [3.63, 3.8) is 0 Å². The highest BCUT2D eigenvalue weighted by Gasteiger charge is 2.28. The van der Waals surface area contributed by atoms with Crippen molar-refractivity contribution >= 4 is 38.9 Å². The van der Waals surface area contributed by atoms with Gasteiger partial charge in [0.15, 0.2) is 0 Å². The number of amides is 1. The molecule has 2 aliphatic rings. The van der Waals surface area contributed by atoms with E-state index in [0.717, 1.165) is 61.5 Å². The molecule has 1 saturated heterocycles. The summed E-state index contributed by atoms with van der Waals surface area (Å²) in [5.74, 6) is -0.673. The van der Waals surface area contributed by atoms with E-state index >= 15 is 0 Å². The van der Waals surface area contributed by atoms with Crippen LogP contribution in [-0.4, -0.2) is 33.6 Å². The number of aromatic nitrogens is 3. The fraction of sp³-hybridized carbons (Fsp3) is 0.455. The normalized spacial score (nSPS) is 18.6. The zero-order valence-electron chi connectivity index (χ0n) is 17.4. The number of aryl methyl sites for hydroxylation is 1. The summed E-state index contributed by atoms with van der Waals surface area (Å²) in [7, 11) is 0. The number of fused-ring (bicyclic) bond motifs is 2. The average molecular weight is 476 g/mol. The number of benzene rings is 1. The molecule has 0 bridgehead atoms. The second-order valence-electron chi connectivity index (χ2n) is 8.37. The summed E-state index contributed by atoms with van der Waals surface area (Å²) in [5.41, 5.74) is 2.32. The molecule has 0 spiro atoms. The number of hydrogen-bond donors (Lipinski definition) is 1. The molecule has 1 aliphatic carbocycles. The van der Waals surface area contributed by atoms with Crippen molar-refractivity contribution in [2.75, 3.05) is 18.0 Å². The van der Waals surface area contributed by atoms with Crippen LogP contribution in [0, 0.1) is 11.7 Å². The Labute approximate surface area is 193 Å². The molecular formula is C22H23ClFN5O2S. The fourth-order valence-corrected chi connectivity index (χ4v) is 5.63. The van der Waals surface area contributed by atoms with E-state index in [-0.39, 0.29) is 23.9 Å². The van der Waals surface area contributed by atoms with Gasteiger partial charge in [0, 0.05) is 30.2 Å². The summed E-state index contributed by atoms with van der Waals surface area (Å²) in [5, 5.41) is 8.48. The lowest BCUT2D eigenvalue weighted by molar-refractivity contribution is -0.125. The predicted octanol–water partition coefficient (Wildman–Crippen LogP) is 3.36. The molecule has 5 rings (SSSR count). The number of anilines is 1. The Morgan fingerprint density at radius 2 is 2.12 bits per heavy atom. The topological polar surface area (TPSA) is 79.6 Å². The first-order valence-electron chi connectivity index (χ1n) is 10.9. The Kier molecular flexibility index (Phi) is 5.86. The van der Waals surface area contributed by atoms with Gasteiger partial charge >= 0.3 is 0 Å². The zero-order chi connectivity index (χ0) is 22.2. The fourth-order valence-electron chi connectivity index (χ4n) is 4.45. The van der Waals surface area contributed by atoms with Crippen molar-refractivity contribution in [1.29, 1.82) is 0 Å². The number of piperidine rings is 1. The first-order valence-corrected chi connectivity index (χ1v) is 12.1. The van der Waals surface area contributed by atoms with Crippen LogP contribution in [0.15, 0.2) is 23.0 Å². The van der Waals surface area contributed by atoms with Crippen molar-refractivity contribution < 1.29 is 9.18 Å². The maximum atomic E-state index is 13.2. The molecule has 0 unspecified atom stereocenters. The standard InChI is InChI=1S/C22H23ClFN5O2S/c23-17-10-15(24)8-7-13(17)11-25-19(30)14-4-3-9-28(12-14)22-27-29-20(31)16-5-1-2-6-18(16)26-21(29)32-22/h7-8,10,14H,1-6,9,11-12H2,(H,25,30)/t14-/m0/s1. The van der Waals surface area contributed by atoms with Crippen molar-refractivity contribution in [2.45, 2.75) is 45.1 Å². The van der Waals surface area contributed by atoms with Crippen molar-refractivity contribution in [3.8, 4) is 0 Å². The highest BCUT2D eigenvalue weighted by Crippen LogP contribution is 2.28. The van der Waals surface area contributed by atoms with Gasteiger partial charge in [0.05, 0.1) is 11.6 Å². The first-order chi connectivity index (χ1) is 15.5. The van der Waals surface area contributed by atoms with E-state index < -0.39 is 5.82 Å². The number of hydrogen-bond acceptors (Lipinski definition) is 6. The summed E-state index contributed by atoms with van der Waals surface area (Å²) in [6.07, 6.45) is 5.31. The van der Waals surface area contributed by atoms with Crippen LogP contribution in [0.25, 0.3) is 4.96 Å². The van der Waals surface area contributed by atoms with Crippen LogP contribution in [0.3, 0.4) is 0 Å². The smallest absolute Gasteiger partial charge is 0.278 e. The van der Waals surface area contributed by atoms with Gasteiger partial charge in [0.1, 0.15) is 5.82 Å². The van der Waals surface area contributed by atoms with E-state index in [1.165, 1.54) is 28.0 Å². The largest absolute Gasteiger partial charge is 0.352 e. The van der Waals surface area contributed by atoms with Gasteiger partial charge < -0.3 is 10.2 Å². The minimum Gasteiger partial charge on any atom is -0.352 e. The highest BCUT2D eigenvalue weighted by atomic mass is 35.5. The lowest BCUT2D eigenvalue weighted by Crippen LogP contribution is -2.43. The first kappa shape index (κ1) is 21.3. The number of rotatable bonds is 4. The molecule has 2 aromatic heterocycles. The Morgan fingerprint density at radius 3 is 2.97 bits per heavy atom. The third kappa shape index (κ3) is 4.11. The third-order valence-electron chi connectivity index (χ3n) is 6.20. The number of nitrogens with one attached hydrogen (secondary N) is 1. The minimum absolute atomic E-state index is 0.0605. The molecular weight excluding hydrogens is 453 g/mol. The maximum absolute atomic E-state index is 13.2. The van der Waals surface area contributed by atoms with Gasteiger partial charge in [-0.1, -0.05) is 29.0 Å². The molecule has 3 heterocycles. The average Bonchev–Trinajstić information content (AvgIpc) is 3.23. The van der Waals surface area contributed by atoms with Gasteiger partial charge in [-0.05, 0) is 56.2 Å². The Balaban J connectivity index is 1.30. The predicted molar refractivity (Wildman–Crippen MR) is 122 cm³/mol. The number of carbonyl (C=O) groups is 1. The third-order valence-corrected chi connectivity index (χ3v) is 7.52. The minimum atomic E-state index is -0.404. The van der Waals surface area contributed by atoms with Crippen molar-refractivity contribution in [2.24, 2.45) is 5.92 Å². The summed E-state index contributed by atoms with van der Waals surface area (Å²) < 4.78 is 14.6. The Bertz CT molecular complexity index is 1240. The molecule has 1 aliphatic heterocycles. The summed E-state index contributed by atoms with van der Waals surface area (Å²) >= 11 is 7.46. The Morgan fingerprint density at radius 1 is 1.28 bits per heavy atom. The molecule has 1 N–H and O–H groups in total. The molecule has 7 nitrogen and oxygen atoms in total. The van der Waals surface area contributed by atoms with Gasteiger partial charge in [0.2, 0.25) is 16.0 Å². The molecule has 1 amide bonds. The van der Waals surface area contributed by atoms with Crippen molar-refractivity contribution in [3.05, 3.63) is 56.2 Å². The molecule has 1 fully saturated rings. The van der Waals surface area contributed by atoms with Crippen LogP contribution < -0.4 is 15.8 Å². The summed E-state index contributed by atoms with van der Waals surface area (Å²) in [6.45, 7) is 1.56. The lowest BCUT2D eigenvalue weighted by atomic mass is 9.97. The van der Waals surface area contributed by atoms with Crippen LogP contribution in [0.5, 0.6) is 0 Å². The van der Waals surface area contributed by atoms with Gasteiger partial charge in [-0.25, -0.2) is 9.37 Å². The van der Waals surface area contributed by atoms with Crippen LogP contribution in [-0.2, 0) is 24.2 Å². The van der Waals surface area contributed by atoms with Gasteiger partial charge in [-0.3, -0.25) is 9.59 Å². The molecule has 0 saturated carbocycles. The van der Waals surface area contributed by atoms with E-state index in [0.29, 0.717) is 22.1 Å². The van der Waals surface area contributed by atoms with E-state index in [2.05, 4.69) is 15.3 Å². The van der Waals surface area contributed by atoms with Gasteiger partial charge in [-0.15, -0.1) is 5.10 Å². The monoisotopic (exact) mass is 475 g/mol. The van der Waals surface area contributed by atoms with Crippen LogP contribution in [0.4, 0.5) is 9.52 Å². The molecule has 10 heteroatoms. The zero-order valence-corrected chi connectivity index (χ0v) is 19.0. The van der Waals surface area contributed by atoms with Crippen LogP contribution in [0.2, 0.25) is 5.02 Å². The van der Waals surface area contributed by atoms with Crippen LogP contribution >= 0.6 is 22.9 Å². The van der Waals surface area contributed by atoms with E-state index in [9.17, 15) is 14.0 Å². The molecule has 3 aromatic rings. The summed E-state index contributed by atoms with van der Waals surface area (Å²) in [6, 6.07) is 4.15. The molecule has 168 valence electrons. The quantitative estimate of drug-likeness (QED) is 0.626. The molecule has 1 atom stereocenters. The molecule has 0 radical (unpaired) electrons. The van der Waals surface area contributed by atoms with E-state index in [1.54, 1.807) is 6.07 Å². The maximum Gasteiger partial charge on any atom is 0.278 e. The number of carbonyl (C=O) groups excluding carboxylic acids is 1. The highest BCUT2D eigenvalue weighted by molar-refractivity contribution is 7.20. The van der Waals surface area contributed by atoms with Crippen LogP contribution in [0.1, 0.15) is 42.5 Å². The molecule has 32 heavy (non-hydrogen) atoms. The van der Waals surface area contributed by atoms with Gasteiger partial charge in [0.25, 0.3) is 5.56 Å².